The van der Waals surface area contributed by atoms with E-state index in [2.05, 4.69) is 30.4 Å². The van der Waals surface area contributed by atoms with Crippen LogP contribution in [0.1, 0.15) is 6.23 Å². The Morgan fingerprint density at radius 2 is 1.84 bits per heavy atom. The van der Waals surface area contributed by atoms with E-state index in [1.54, 1.807) is 0 Å². The van der Waals surface area contributed by atoms with Crippen LogP contribution in [0.25, 0.3) is 11.0 Å². The molecule has 0 bridgehead atoms. The first kappa shape index (κ1) is 25.7. The largest absolute Gasteiger partial charge is 0.488 e. The van der Waals surface area contributed by atoms with E-state index in [4.69, 9.17) is 24.8 Å². The zero-order valence-corrected chi connectivity index (χ0v) is 18.9. The molecule has 0 radical (unpaired) electrons. The summed E-state index contributed by atoms with van der Waals surface area (Å²) < 4.78 is 55.2. The van der Waals surface area contributed by atoms with Crippen molar-refractivity contribution in [3.8, 4) is 0 Å². The first-order valence-corrected chi connectivity index (χ1v) is 13.8. The van der Waals surface area contributed by atoms with Crippen molar-refractivity contribution < 1.29 is 61.2 Å². The van der Waals surface area contributed by atoms with Gasteiger partial charge in [0.05, 0.1) is 12.0 Å². The lowest BCUT2D eigenvalue weighted by atomic mass is 10.1. The number of nitrogen functional groups attached to an aromatic ring is 1. The van der Waals surface area contributed by atoms with Gasteiger partial charge in [-0.25, -0.2) is 27.8 Å². The lowest BCUT2D eigenvalue weighted by Gasteiger charge is -2.21. The van der Waals surface area contributed by atoms with Crippen LogP contribution in [-0.4, -0.2) is 69.2 Å². The second-order valence-corrected chi connectivity index (χ2v) is 12.1. The number of aromatic nitrogens is 3. The van der Waals surface area contributed by atoms with Gasteiger partial charge in [0.1, 0.15) is 30.5 Å². The van der Waals surface area contributed by atoms with Crippen molar-refractivity contribution in [3.63, 3.8) is 0 Å². The van der Waals surface area contributed by atoms with Crippen molar-refractivity contribution >= 4 is 51.0 Å². The molecule has 32 heavy (non-hydrogen) atoms. The molecular formula is C11H16FN4O12P3S. The maximum atomic E-state index is 14.2. The molecule has 16 nitrogen and oxygen atoms in total. The highest BCUT2D eigenvalue weighted by molar-refractivity contribution is 8.08. The number of nitrogens with two attached hydrogens (primary N) is 1. The second kappa shape index (κ2) is 9.02. The zero-order valence-electron chi connectivity index (χ0n) is 15.4. The van der Waals surface area contributed by atoms with Crippen molar-refractivity contribution in [3.05, 3.63) is 18.3 Å². The zero-order chi connectivity index (χ0) is 24.1. The van der Waals surface area contributed by atoms with Crippen LogP contribution in [-0.2, 0) is 38.8 Å². The Morgan fingerprint density at radius 3 is 2.47 bits per heavy atom. The number of hydrogen-bond acceptors (Lipinski definition) is 12. The molecule has 3 heterocycles. The van der Waals surface area contributed by atoms with Gasteiger partial charge in [-0.2, -0.15) is 4.31 Å². The average Bonchev–Trinajstić information content (AvgIpc) is 3.09. The van der Waals surface area contributed by atoms with Crippen LogP contribution in [0.3, 0.4) is 0 Å². The molecule has 2 aromatic heterocycles. The first-order valence-electron chi connectivity index (χ1n) is 8.17. The SMILES string of the molecule is Nc1ncnc2c1c(F)cn2C1OC(COP(O)(=S)OP(=O)(O)OP(=O)(O)O)C(O)C1O. The third-order valence-corrected chi connectivity index (χ3v) is 8.74. The van der Waals surface area contributed by atoms with Gasteiger partial charge in [0.2, 0.25) is 0 Å². The Morgan fingerprint density at radius 1 is 1.19 bits per heavy atom. The van der Waals surface area contributed by atoms with E-state index in [-0.39, 0.29) is 16.9 Å². The molecule has 1 aliphatic rings. The van der Waals surface area contributed by atoms with Crippen LogP contribution < -0.4 is 5.73 Å². The highest BCUT2D eigenvalue weighted by atomic mass is 32.5. The number of nitrogens with zero attached hydrogens (tertiary/aromatic N) is 3. The molecule has 21 heteroatoms. The number of aliphatic hydroxyl groups excluding tert-OH is 2. The summed E-state index contributed by atoms with van der Waals surface area (Å²) in [6, 6.07) is 0. The van der Waals surface area contributed by atoms with Crippen LogP contribution in [0, 0.1) is 5.82 Å². The van der Waals surface area contributed by atoms with Crippen molar-refractivity contribution in [1.82, 2.24) is 14.5 Å². The smallest absolute Gasteiger partial charge is 0.387 e. The van der Waals surface area contributed by atoms with Crippen LogP contribution in [0.5, 0.6) is 0 Å². The Kier molecular flexibility index (Phi) is 7.24. The van der Waals surface area contributed by atoms with E-state index in [9.17, 15) is 33.5 Å². The van der Waals surface area contributed by atoms with Gasteiger partial charge in [0.15, 0.2) is 17.7 Å². The van der Waals surface area contributed by atoms with E-state index < -0.39 is 59.3 Å². The number of aliphatic hydroxyl groups is 2. The quantitative estimate of drug-likeness (QED) is 0.203. The predicted octanol–water partition coefficient (Wildman–Crippen LogP) is -0.769. The lowest BCUT2D eigenvalue weighted by molar-refractivity contribution is -0.0485. The number of hydrogen-bond donors (Lipinski definition) is 7. The molecule has 1 saturated heterocycles. The Balaban J connectivity index is 1.73. The van der Waals surface area contributed by atoms with Gasteiger partial charge in [-0.05, 0) is 11.8 Å². The van der Waals surface area contributed by atoms with Gasteiger partial charge in [0.25, 0.3) is 0 Å². The number of halogens is 1. The second-order valence-electron chi connectivity index (χ2n) is 6.27. The minimum Gasteiger partial charge on any atom is -0.387 e. The highest BCUT2D eigenvalue weighted by Gasteiger charge is 2.46. The molecule has 1 aliphatic heterocycles. The standard InChI is InChI=1S/C11H16FN4O12P3S/c12-4-1-16(10-6(4)9(13)14-3-15-10)11-8(18)7(17)5(26-11)2-25-31(24,32)28-30(22,23)27-29(19,20)21/h1,3,5,7-8,11,17-18H,2H2,(H,22,23)(H,24,32)(H2,13,14,15)(H2,19,20,21). The summed E-state index contributed by atoms with van der Waals surface area (Å²) >= 11 is 4.46. The van der Waals surface area contributed by atoms with Gasteiger partial charge in [-0.15, -0.1) is 0 Å². The van der Waals surface area contributed by atoms with E-state index in [0.29, 0.717) is 0 Å². The lowest BCUT2D eigenvalue weighted by Crippen LogP contribution is -2.33. The summed E-state index contributed by atoms with van der Waals surface area (Å²) in [4.78, 5) is 43.7. The molecule has 180 valence electrons. The van der Waals surface area contributed by atoms with Crippen LogP contribution in [0.4, 0.5) is 10.2 Å². The fraction of sp³-hybridized carbons (Fsp3) is 0.455. The minimum atomic E-state index is -5.53. The summed E-state index contributed by atoms with van der Waals surface area (Å²) in [5.74, 6) is -1.01. The van der Waals surface area contributed by atoms with Crippen LogP contribution in [0.15, 0.2) is 12.5 Å². The Labute approximate surface area is 182 Å². The number of anilines is 1. The van der Waals surface area contributed by atoms with Crippen LogP contribution in [0.2, 0.25) is 0 Å². The summed E-state index contributed by atoms with van der Waals surface area (Å²) in [6.45, 7) is -5.48. The summed E-state index contributed by atoms with van der Waals surface area (Å²) in [5, 5.41) is 20.4. The van der Waals surface area contributed by atoms with E-state index >= 15 is 0 Å². The maximum absolute atomic E-state index is 14.2. The third-order valence-electron chi connectivity index (χ3n) is 4.02. The van der Waals surface area contributed by atoms with Gasteiger partial charge in [-0.3, -0.25) is 0 Å². The van der Waals surface area contributed by atoms with Crippen molar-refractivity contribution in [2.24, 2.45) is 0 Å². The molecule has 1 fully saturated rings. The molecule has 0 aromatic carbocycles. The van der Waals surface area contributed by atoms with E-state index in [1.165, 1.54) is 0 Å². The predicted molar refractivity (Wildman–Crippen MR) is 104 cm³/mol. The maximum Gasteiger partial charge on any atom is 0.488 e. The molecule has 8 N–H and O–H groups in total. The Hall–Kier alpha value is -0.940. The first-order chi connectivity index (χ1) is 14.6. The van der Waals surface area contributed by atoms with Crippen LogP contribution >= 0.6 is 22.4 Å². The number of ether oxygens (including phenoxy) is 1. The van der Waals surface area contributed by atoms with Gasteiger partial charge in [-0.1, -0.05) is 0 Å². The molecule has 0 amide bonds. The molecule has 0 aliphatic carbocycles. The summed E-state index contributed by atoms with van der Waals surface area (Å²) in [7, 11) is -11.0. The van der Waals surface area contributed by atoms with Crippen molar-refractivity contribution in [2.45, 2.75) is 24.5 Å². The van der Waals surface area contributed by atoms with Gasteiger partial charge < -0.3 is 49.3 Å². The summed E-state index contributed by atoms with van der Waals surface area (Å²) in [6.07, 6.45) is -4.22. The summed E-state index contributed by atoms with van der Waals surface area (Å²) in [5.41, 5.74) is 5.56. The van der Waals surface area contributed by atoms with Gasteiger partial charge >= 0.3 is 22.4 Å². The molecule has 6 unspecified atom stereocenters. The fourth-order valence-corrected chi connectivity index (χ4v) is 6.79. The molecular weight excluding hydrogens is 524 g/mol. The normalized spacial score (nSPS) is 28.0. The number of rotatable bonds is 8. The average molecular weight is 540 g/mol. The monoisotopic (exact) mass is 540 g/mol. The van der Waals surface area contributed by atoms with Crippen molar-refractivity contribution in [1.29, 1.82) is 0 Å². The Bertz CT molecular complexity index is 1160. The topological polar surface area (TPSA) is 249 Å². The minimum absolute atomic E-state index is 0.0563. The third kappa shape index (κ3) is 5.75. The molecule has 0 spiro atoms. The van der Waals surface area contributed by atoms with Crippen molar-refractivity contribution in [2.75, 3.05) is 12.3 Å². The van der Waals surface area contributed by atoms with E-state index in [1.807, 2.05) is 0 Å². The molecule has 6 atom stereocenters. The number of fused-ring (bicyclic) bond motifs is 1. The molecule has 3 rings (SSSR count). The number of phosphoric acid groups is 2. The van der Waals surface area contributed by atoms with E-state index in [0.717, 1.165) is 17.1 Å². The van der Waals surface area contributed by atoms with Gasteiger partial charge in [0, 0.05) is 6.20 Å². The molecule has 0 saturated carbocycles. The highest BCUT2D eigenvalue weighted by Crippen LogP contribution is 2.66. The fourth-order valence-electron chi connectivity index (χ4n) is 2.82. The molecule has 2 aromatic rings.